The van der Waals surface area contributed by atoms with Gasteiger partial charge in [0.1, 0.15) is 6.04 Å². The van der Waals surface area contributed by atoms with E-state index in [0.29, 0.717) is 6.42 Å². The first-order chi connectivity index (χ1) is 9.42. The lowest BCUT2D eigenvalue weighted by Crippen LogP contribution is -2.52. The molecule has 1 heterocycles. The number of nitrogens with two attached hydrogens (primary N) is 1. The summed E-state index contributed by atoms with van der Waals surface area (Å²) in [5, 5.41) is 9.16. The maximum absolute atomic E-state index is 12.5. The van der Waals surface area contributed by atoms with Gasteiger partial charge in [0.25, 0.3) is 0 Å². The topological polar surface area (TPSA) is 104 Å². The largest absolute Gasteiger partial charge is 0.322 e. The Morgan fingerprint density at radius 1 is 1.43 bits per heavy atom. The second-order valence-corrected chi connectivity index (χ2v) is 9.63. The Hall–Kier alpha value is -1.13. The molecule has 6 nitrogen and oxygen atoms in total. The number of likely N-dealkylation sites (tertiary alicyclic amines) is 1. The van der Waals surface area contributed by atoms with Crippen LogP contribution >= 0.6 is 0 Å². The van der Waals surface area contributed by atoms with Gasteiger partial charge in [0.15, 0.2) is 9.84 Å². The van der Waals surface area contributed by atoms with E-state index in [2.05, 4.69) is 6.07 Å². The molecule has 1 unspecified atom stereocenters. The number of hydrogen-bond donors (Lipinski definition) is 1. The van der Waals surface area contributed by atoms with Gasteiger partial charge in [0, 0.05) is 6.04 Å². The van der Waals surface area contributed by atoms with Crippen LogP contribution in [0.3, 0.4) is 0 Å². The minimum Gasteiger partial charge on any atom is -0.322 e. The molecule has 0 aliphatic carbocycles. The zero-order valence-corrected chi connectivity index (χ0v) is 14.1. The number of carbonyl (C=O) groups excluding carboxylic acids is 1. The summed E-state index contributed by atoms with van der Waals surface area (Å²) in [5.41, 5.74) is 5.82. The molecule has 1 saturated heterocycles. The molecule has 4 atom stereocenters. The Morgan fingerprint density at radius 3 is 2.38 bits per heavy atom. The minimum atomic E-state index is -3.48. The fraction of sp³-hybridized carbons (Fsp3) is 0.857. The number of sulfone groups is 1. The van der Waals surface area contributed by atoms with Gasteiger partial charge in [-0.25, -0.2) is 8.42 Å². The highest BCUT2D eigenvalue weighted by molar-refractivity contribution is 7.92. The molecular formula is C14H25N3O3S. The first kappa shape index (κ1) is 17.9. The van der Waals surface area contributed by atoms with Gasteiger partial charge >= 0.3 is 0 Å². The molecule has 0 aromatic heterocycles. The van der Waals surface area contributed by atoms with Gasteiger partial charge in [0.05, 0.1) is 22.6 Å². The van der Waals surface area contributed by atoms with Gasteiger partial charge in [-0.2, -0.15) is 5.26 Å². The summed E-state index contributed by atoms with van der Waals surface area (Å²) in [4.78, 5) is 13.9. The molecule has 7 heteroatoms. The highest BCUT2D eigenvalue weighted by atomic mass is 32.2. The van der Waals surface area contributed by atoms with E-state index in [-0.39, 0.29) is 12.0 Å². The second kappa shape index (κ2) is 5.93. The SMILES string of the molecule is CC1C[C@@H](C#N)N(C(=O)[C@@H](N)CS(=O)(=O)C(C)(C)C)[C@H]1C. The molecule has 0 radical (unpaired) electrons. The Bertz CT molecular complexity index is 545. The van der Waals surface area contributed by atoms with E-state index in [0.717, 1.165) is 0 Å². The highest BCUT2D eigenvalue weighted by Gasteiger charge is 2.42. The third-order valence-corrected chi connectivity index (χ3v) is 6.91. The highest BCUT2D eigenvalue weighted by Crippen LogP contribution is 2.30. The van der Waals surface area contributed by atoms with E-state index >= 15 is 0 Å². The van der Waals surface area contributed by atoms with Crippen molar-refractivity contribution in [2.24, 2.45) is 11.7 Å². The molecule has 1 aliphatic rings. The minimum absolute atomic E-state index is 0.106. The standard InChI is InChI=1S/C14H25N3O3S/c1-9-6-11(7-15)17(10(9)2)13(18)12(16)8-21(19,20)14(3,4)5/h9-12H,6,8,16H2,1-5H3/t9?,10-,11-,12-/m0/s1. The molecule has 2 N–H and O–H groups in total. The zero-order chi connectivity index (χ0) is 16.6. The molecule has 0 saturated carbocycles. The van der Waals surface area contributed by atoms with Crippen molar-refractivity contribution in [2.75, 3.05) is 5.75 Å². The summed E-state index contributed by atoms with van der Waals surface area (Å²) in [5.74, 6) is -0.651. The van der Waals surface area contributed by atoms with Crippen LogP contribution < -0.4 is 5.73 Å². The number of amides is 1. The predicted molar refractivity (Wildman–Crippen MR) is 81.0 cm³/mol. The smallest absolute Gasteiger partial charge is 0.241 e. The van der Waals surface area contributed by atoms with Crippen LogP contribution in [0.15, 0.2) is 0 Å². The fourth-order valence-corrected chi connectivity index (χ4v) is 3.55. The summed E-state index contributed by atoms with van der Waals surface area (Å²) in [7, 11) is -3.48. The normalized spacial score (nSPS) is 28.2. The van der Waals surface area contributed by atoms with Crippen LogP contribution in [0.5, 0.6) is 0 Å². The van der Waals surface area contributed by atoms with Gasteiger partial charge in [-0.05, 0) is 40.0 Å². The van der Waals surface area contributed by atoms with Crippen LogP contribution in [0.4, 0.5) is 0 Å². The molecule has 21 heavy (non-hydrogen) atoms. The molecule has 0 aromatic carbocycles. The van der Waals surface area contributed by atoms with Gasteiger partial charge < -0.3 is 10.6 Å². The molecule has 120 valence electrons. The van der Waals surface area contributed by atoms with Crippen LogP contribution in [0, 0.1) is 17.2 Å². The van der Waals surface area contributed by atoms with Crippen molar-refractivity contribution in [3.05, 3.63) is 0 Å². The third kappa shape index (κ3) is 3.55. The number of rotatable bonds is 3. The number of nitrogens with zero attached hydrogens (tertiary/aromatic N) is 2. The van der Waals surface area contributed by atoms with E-state index in [9.17, 15) is 13.2 Å². The quantitative estimate of drug-likeness (QED) is 0.824. The first-order valence-electron chi connectivity index (χ1n) is 7.12. The van der Waals surface area contributed by atoms with E-state index in [1.54, 1.807) is 20.8 Å². The number of hydrogen-bond acceptors (Lipinski definition) is 5. The van der Waals surface area contributed by atoms with Gasteiger partial charge in [0.2, 0.25) is 5.91 Å². The maximum atomic E-state index is 12.5. The van der Waals surface area contributed by atoms with Gasteiger partial charge in [-0.3, -0.25) is 4.79 Å². The van der Waals surface area contributed by atoms with E-state index in [4.69, 9.17) is 11.0 Å². The summed E-state index contributed by atoms with van der Waals surface area (Å²) < 4.78 is 23.4. The average molecular weight is 315 g/mol. The Morgan fingerprint density at radius 2 is 1.95 bits per heavy atom. The molecule has 0 aromatic rings. The third-order valence-electron chi connectivity index (χ3n) is 4.25. The molecule has 1 aliphatic heterocycles. The van der Waals surface area contributed by atoms with Crippen LogP contribution in [0.2, 0.25) is 0 Å². The fourth-order valence-electron chi connectivity index (χ4n) is 2.44. The van der Waals surface area contributed by atoms with Crippen LogP contribution in [-0.2, 0) is 14.6 Å². The van der Waals surface area contributed by atoms with Crippen LogP contribution in [-0.4, -0.2) is 47.9 Å². The van der Waals surface area contributed by atoms with E-state index in [1.807, 2.05) is 13.8 Å². The summed E-state index contributed by atoms with van der Waals surface area (Å²) in [6.45, 7) is 8.58. The van der Waals surface area contributed by atoms with Gasteiger partial charge in [-0.15, -0.1) is 0 Å². The average Bonchev–Trinajstić information content (AvgIpc) is 2.62. The van der Waals surface area contributed by atoms with Crippen molar-refractivity contribution in [3.63, 3.8) is 0 Å². The van der Waals surface area contributed by atoms with Crippen molar-refractivity contribution in [2.45, 2.75) is 63.9 Å². The summed E-state index contributed by atoms with van der Waals surface area (Å²) in [6.07, 6.45) is 0.599. The van der Waals surface area contributed by atoms with E-state index in [1.165, 1.54) is 4.90 Å². The van der Waals surface area contributed by atoms with Gasteiger partial charge in [-0.1, -0.05) is 6.92 Å². The lowest BCUT2D eigenvalue weighted by atomic mass is 10.0. The first-order valence-corrected chi connectivity index (χ1v) is 8.77. The molecule has 1 rings (SSSR count). The molecule has 1 fully saturated rings. The van der Waals surface area contributed by atoms with E-state index < -0.39 is 38.3 Å². The van der Waals surface area contributed by atoms with Crippen LogP contribution in [0.1, 0.15) is 41.0 Å². The predicted octanol–water partition coefficient (Wildman–Crippen LogP) is 0.676. The molecule has 0 spiro atoms. The molecule has 0 bridgehead atoms. The summed E-state index contributed by atoms with van der Waals surface area (Å²) >= 11 is 0. The number of nitriles is 1. The second-order valence-electron chi connectivity index (χ2n) is 6.84. The molecular weight excluding hydrogens is 290 g/mol. The lowest BCUT2D eigenvalue weighted by Gasteiger charge is -2.29. The Balaban J connectivity index is 2.92. The van der Waals surface area contributed by atoms with Crippen molar-refractivity contribution in [1.82, 2.24) is 4.90 Å². The van der Waals surface area contributed by atoms with Crippen LogP contribution in [0.25, 0.3) is 0 Å². The van der Waals surface area contributed by atoms with Crippen molar-refractivity contribution >= 4 is 15.7 Å². The number of carbonyl (C=O) groups is 1. The Labute approximate surface area is 127 Å². The van der Waals surface area contributed by atoms with Crippen molar-refractivity contribution in [3.8, 4) is 6.07 Å². The zero-order valence-electron chi connectivity index (χ0n) is 13.3. The lowest BCUT2D eigenvalue weighted by molar-refractivity contribution is -0.134. The molecule has 1 amide bonds. The summed E-state index contributed by atoms with van der Waals surface area (Å²) in [6, 6.07) is 0.348. The van der Waals surface area contributed by atoms with Crippen molar-refractivity contribution < 1.29 is 13.2 Å². The Kier molecular flexibility index (Phi) is 5.06. The monoisotopic (exact) mass is 315 g/mol. The van der Waals surface area contributed by atoms with Crippen molar-refractivity contribution in [1.29, 1.82) is 5.26 Å². The maximum Gasteiger partial charge on any atom is 0.241 e.